The fraction of sp³-hybridized carbons (Fsp3) is 0. The van der Waals surface area contributed by atoms with Crippen molar-refractivity contribution < 1.29 is 0 Å². The molecule has 0 bridgehead atoms. The molecule has 4 heterocycles. The lowest BCUT2D eigenvalue weighted by Gasteiger charge is -2.10. The van der Waals surface area contributed by atoms with E-state index in [0.717, 1.165) is 38.7 Å². The van der Waals surface area contributed by atoms with Crippen LogP contribution in [0.25, 0.3) is 33.0 Å². The summed E-state index contributed by atoms with van der Waals surface area (Å²) in [4.78, 5) is 25.5. The standard InChI is InChI=1S/C23H16N8/c1-3-14-5-7-16(11-18(14)24-9-1)28-22-20-21(27-13-26-20)30-23(31-22)29-17-8-6-15-4-2-10-25-19(15)12-17/h1-13H,(H3,26,27,28,29,30,31). The van der Waals surface area contributed by atoms with E-state index in [1.165, 1.54) is 0 Å². The Balaban J connectivity index is 1.37. The van der Waals surface area contributed by atoms with E-state index >= 15 is 0 Å². The Hall–Kier alpha value is -4.59. The Labute approximate surface area is 176 Å². The molecule has 0 saturated carbocycles. The van der Waals surface area contributed by atoms with Gasteiger partial charge in [0.05, 0.1) is 17.4 Å². The van der Waals surface area contributed by atoms with E-state index in [2.05, 4.69) is 40.5 Å². The molecule has 0 radical (unpaired) electrons. The summed E-state index contributed by atoms with van der Waals surface area (Å²) in [6, 6.07) is 19.9. The van der Waals surface area contributed by atoms with Crippen LogP contribution in [-0.4, -0.2) is 29.9 Å². The predicted molar refractivity (Wildman–Crippen MR) is 122 cm³/mol. The van der Waals surface area contributed by atoms with Gasteiger partial charge in [-0.3, -0.25) is 9.97 Å². The highest BCUT2D eigenvalue weighted by atomic mass is 15.2. The van der Waals surface area contributed by atoms with Gasteiger partial charge in [-0.1, -0.05) is 24.3 Å². The number of hydrogen-bond acceptors (Lipinski definition) is 7. The quantitative estimate of drug-likeness (QED) is 0.382. The van der Waals surface area contributed by atoms with Gasteiger partial charge in [0, 0.05) is 34.5 Å². The van der Waals surface area contributed by atoms with Crippen molar-refractivity contribution in [2.24, 2.45) is 0 Å². The lowest BCUT2D eigenvalue weighted by molar-refractivity contribution is 1.19. The minimum absolute atomic E-state index is 0.441. The molecule has 4 aromatic heterocycles. The van der Waals surface area contributed by atoms with Crippen molar-refractivity contribution in [1.29, 1.82) is 0 Å². The molecular weight excluding hydrogens is 388 g/mol. The number of aromatic amines is 1. The lowest BCUT2D eigenvalue weighted by atomic mass is 10.2. The van der Waals surface area contributed by atoms with Crippen LogP contribution in [0.3, 0.4) is 0 Å². The van der Waals surface area contributed by atoms with Gasteiger partial charge < -0.3 is 15.6 Å². The lowest BCUT2D eigenvalue weighted by Crippen LogP contribution is -2.02. The van der Waals surface area contributed by atoms with Crippen molar-refractivity contribution in [2.75, 3.05) is 10.6 Å². The van der Waals surface area contributed by atoms with Gasteiger partial charge in [-0.15, -0.1) is 0 Å². The molecule has 148 valence electrons. The first-order valence-electron chi connectivity index (χ1n) is 9.77. The summed E-state index contributed by atoms with van der Waals surface area (Å²) in [5, 5.41) is 8.78. The highest BCUT2D eigenvalue weighted by molar-refractivity contribution is 5.89. The minimum atomic E-state index is 0.441. The second-order valence-electron chi connectivity index (χ2n) is 7.07. The Morgan fingerprint density at radius 3 is 2.06 bits per heavy atom. The first-order chi connectivity index (χ1) is 15.3. The van der Waals surface area contributed by atoms with Crippen LogP contribution in [0.5, 0.6) is 0 Å². The second-order valence-corrected chi connectivity index (χ2v) is 7.07. The number of anilines is 4. The van der Waals surface area contributed by atoms with Crippen molar-refractivity contribution in [3.05, 3.63) is 79.4 Å². The van der Waals surface area contributed by atoms with Crippen LogP contribution < -0.4 is 10.6 Å². The zero-order valence-electron chi connectivity index (χ0n) is 16.2. The fourth-order valence-electron chi connectivity index (χ4n) is 3.53. The van der Waals surface area contributed by atoms with E-state index in [4.69, 9.17) is 0 Å². The number of fused-ring (bicyclic) bond motifs is 3. The molecule has 6 rings (SSSR count). The highest BCUT2D eigenvalue weighted by Gasteiger charge is 2.11. The molecule has 0 spiro atoms. The summed E-state index contributed by atoms with van der Waals surface area (Å²) < 4.78 is 0. The normalized spacial score (nSPS) is 11.2. The van der Waals surface area contributed by atoms with Gasteiger partial charge in [-0.25, -0.2) is 4.98 Å². The topological polar surface area (TPSA) is 104 Å². The van der Waals surface area contributed by atoms with Gasteiger partial charge in [0.15, 0.2) is 11.5 Å². The van der Waals surface area contributed by atoms with Gasteiger partial charge in [0.1, 0.15) is 5.52 Å². The Bertz CT molecular complexity index is 1560. The number of H-pyrrole nitrogens is 1. The smallest absolute Gasteiger partial charge is 0.231 e. The fourth-order valence-corrected chi connectivity index (χ4v) is 3.53. The van der Waals surface area contributed by atoms with Gasteiger partial charge in [-0.2, -0.15) is 9.97 Å². The monoisotopic (exact) mass is 404 g/mol. The van der Waals surface area contributed by atoms with E-state index < -0.39 is 0 Å². The van der Waals surface area contributed by atoms with Crippen LogP contribution >= 0.6 is 0 Å². The molecule has 0 amide bonds. The number of pyridine rings is 2. The summed E-state index contributed by atoms with van der Waals surface area (Å²) >= 11 is 0. The highest BCUT2D eigenvalue weighted by Crippen LogP contribution is 2.26. The minimum Gasteiger partial charge on any atom is -0.340 e. The van der Waals surface area contributed by atoms with E-state index in [1.807, 2.05) is 60.7 Å². The number of nitrogens with zero attached hydrogens (tertiary/aromatic N) is 5. The third kappa shape index (κ3) is 3.25. The zero-order chi connectivity index (χ0) is 20.6. The van der Waals surface area contributed by atoms with Crippen molar-refractivity contribution in [1.82, 2.24) is 29.9 Å². The van der Waals surface area contributed by atoms with Crippen LogP contribution in [0.4, 0.5) is 23.1 Å². The summed E-state index contributed by atoms with van der Waals surface area (Å²) in [6.45, 7) is 0. The number of benzene rings is 2. The predicted octanol–water partition coefficient (Wildman–Crippen LogP) is 4.94. The molecule has 0 saturated heterocycles. The summed E-state index contributed by atoms with van der Waals surface area (Å²) in [5.41, 5.74) is 4.83. The van der Waals surface area contributed by atoms with Crippen molar-refractivity contribution in [3.8, 4) is 0 Å². The SMILES string of the molecule is c1cnc2cc(Nc3nc(Nc4ccc5cccnc5c4)c4[nH]cnc4n3)ccc2c1. The van der Waals surface area contributed by atoms with E-state index in [9.17, 15) is 0 Å². The molecule has 0 fully saturated rings. The van der Waals surface area contributed by atoms with Crippen molar-refractivity contribution in [3.63, 3.8) is 0 Å². The second kappa shape index (κ2) is 7.03. The summed E-state index contributed by atoms with van der Waals surface area (Å²) in [5.74, 6) is 1.07. The molecule has 0 aliphatic carbocycles. The average molecular weight is 404 g/mol. The maximum absolute atomic E-state index is 4.68. The first-order valence-corrected chi connectivity index (χ1v) is 9.77. The Morgan fingerprint density at radius 2 is 1.35 bits per heavy atom. The molecule has 3 N–H and O–H groups in total. The first kappa shape index (κ1) is 17.3. The zero-order valence-corrected chi connectivity index (χ0v) is 16.2. The van der Waals surface area contributed by atoms with Crippen LogP contribution in [0.15, 0.2) is 79.4 Å². The summed E-state index contributed by atoms with van der Waals surface area (Å²) in [6.07, 6.45) is 5.17. The van der Waals surface area contributed by atoms with Gasteiger partial charge in [0.2, 0.25) is 5.95 Å². The van der Waals surface area contributed by atoms with Gasteiger partial charge in [-0.05, 0) is 36.4 Å². The van der Waals surface area contributed by atoms with Crippen molar-refractivity contribution >= 4 is 56.1 Å². The maximum Gasteiger partial charge on any atom is 0.231 e. The third-order valence-corrected chi connectivity index (χ3v) is 5.02. The molecule has 0 unspecified atom stereocenters. The number of nitrogens with one attached hydrogen (secondary N) is 3. The molecule has 31 heavy (non-hydrogen) atoms. The molecule has 0 aliphatic heterocycles. The van der Waals surface area contributed by atoms with Gasteiger partial charge in [0.25, 0.3) is 0 Å². The molecular formula is C23H16N8. The molecule has 6 aromatic rings. The Kier molecular flexibility index (Phi) is 3.92. The number of imidazole rings is 1. The molecule has 8 heteroatoms. The van der Waals surface area contributed by atoms with E-state index in [0.29, 0.717) is 17.4 Å². The van der Waals surface area contributed by atoms with Crippen LogP contribution in [0.2, 0.25) is 0 Å². The van der Waals surface area contributed by atoms with Crippen LogP contribution in [-0.2, 0) is 0 Å². The van der Waals surface area contributed by atoms with E-state index in [-0.39, 0.29) is 0 Å². The maximum atomic E-state index is 4.68. The largest absolute Gasteiger partial charge is 0.340 e. The van der Waals surface area contributed by atoms with Crippen molar-refractivity contribution in [2.45, 2.75) is 0 Å². The Morgan fingerprint density at radius 1 is 0.677 bits per heavy atom. The average Bonchev–Trinajstić information content (AvgIpc) is 3.28. The molecule has 0 aliphatic rings. The van der Waals surface area contributed by atoms with Crippen LogP contribution in [0, 0.1) is 0 Å². The number of aromatic nitrogens is 6. The third-order valence-electron chi connectivity index (χ3n) is 5.02. The number of hydrogen-bond donors (Lipinski definition) is 3. The van der Waals surface area contributed by atoms with Crippen LogP contribution in [0.1, 0.15) is 0 Å². The van der Waals surface area contributed by atoms with Gasteiger partial charge >= 0.3 is 0 Å². The van der Waals surface area contributed by atoms with E-state index in [1.54, 1.807) is 18.7 Å². The molecule has 0 atom stereocenters. The molecule has 8 nitrogen and oxygen atoms in total. The molecule has 2 aromatic carbocycles. The summed E-state index contributed by atoms with van der Waals surface area (Å²) in [7, 11) is 0. The number of rotatable bonds is 4.